The van der Waals surface area contributed by atoms with Crippen molar-refractivity contribution in [2.24, 2.45) is 0 Å². The summed E-state index contributed by atoms with van der Waals surface area (Å²) in [5.41, 5.74) is 0. The summed E-state index contributed by atoms with van der Waals surface area (Å²) in [7, 11) is 0. The number of rotatable bonds is 48. The van der Waals surface area contributed by atoms with Gasteiger partial charge in [-0.1, -0.05) is 234 Å². The molecule has 0 aromatic heterocycles. The van der Waals surface area contributed by atoms with Gasteiger partial charge in [0.1, 0.15) is 13.2 Å². The van der Waals surface area contributed by atoms with E-state index in [1.807, 2.05) is 24.3 Å². The zero-order valence-corrected chi connectivity index (χ0v) is 42.5. The van der Waals surface area contributed by atoms with E-state index in [4.69, 9.17) is 14.2 Å². The molecule has 372 valence electrons. The van der Waals surface area contributed by atoms with E-state index in [-0.39, 0.29) is 44.0 Å². The van der Waals surface area contributed by atoms with E-state index < -0.39 is 6.10 Å². The monoisotopic (exact) mass is 905 g/mol. The van der Waals surface area contributed by atoms with Gasteiger partial charge >= 0.3 is 17.9 Å². The minimum atomic E-state index is -0.813. The van der Waals surface area contributed by atoms with Crippen LogP contribution in [0.1, 0.15) is 252 Å². The topological polar surface area (TPSA) is 78.9 Å². The van der Waals surface area contributed by atoms with Gasteiger partial charge in [0.05, 0.1) is 0 Å². The molecular weight excluding hydrogens is 805 g/mol. The summed E-state index contributed by atoms with van der Waals surface area (Å²) < 4.78 is 16.7. The van der Waals surface area contributed by atoms with Gasteiger partial charge in [-0.2, -0.15) is 0 Å². The smallest absolute Gasteiger partial charge is 0.306 e. The van der Waals surface area contributed by atoms with E-state index >= 15 is 0 Å². The molecule has 0 amide bonds. The van der Waals surface area contributed by atoms with Crippen molar-refractivity contribution in [2.45, 2.75) is 258 Å². The van der Waals surface area contributed by atoms with Crippen LogP contribution in [0, 0.1) is 0 Å². The van der Waals surface area contributed by atoms with E-state index in [0.29, 0.717) is 12.8 Å². The molecule has 0 spiro atoms. The lowest BCUT2D eigenvalue weighted by Crippen LogP contribution is -2.30. The molecule has 0 aromatic rings. The number of allylic oxidation sites excluding steroid dienone is 14. The maximum absolute atomic E-state index is 12.8. The number of carbonyl (C=O) groups excluding carboxylic acids is 3. The van der Waals surface area contributed by atoms with E-state index in [1.54, 1.807) is 0 Å². The second kappa shape index (κ2) is 53.2. The summed E-state index contributed by atoms with van der Waals surface area (Å²) in [4.78, 5) is 38.0. The molecule has 0 aliphatic heterocycles. The Kier molecular flexibility index (Phi) is 50.4. The predicted octanol–water partition coefficient (Wildman–Crippen LogP) is 18.0. The summed E-state index contributed by atoms with van der Waals surface area (Å²) in [5.74, 6) is -1.00. The number of hydrogen-bond acceptors (Lipinski definition) is 6. The molecule has 65 heavy (non-hydrogen) atoms. The minimum Gasteiger partial charge on any atom is -0.462 e. The maximum Gasteiger partial charge on any atom is 0.306 e. The molecule has 0 N–H and O–H groups in total. The summed E-state index contributed by atoms with van der Waals surface area (Å²) in [6.07, 6.45) is 68.7. The van der Waals surface area contributed by atoms with Gasteiger partial charge in [0.2, 0.25) is 0 Å². The highest BCUT2D eigenvalue weighted by Gasteiger charge is 2.19. The van der Waals surface area contributed by atoms with Crippen molar-refractivity contribution in [2.75, 3.05) is 13.2 Å². The first-order valence-electron chi connectivity index (χ1n) is 27.1. The Balaban J connectivity index is 4.45. The molecule has 0 saturated carbocycles. The number of unbranched alkanes of at least 4 members (excludes halogenated alkanes) is 26. The fourth-order valence-electron chi connectivity index (χ4n) is 7.38. The second-order valence-corrected chi connectivity index (χ2v) is 17.8. The summed E-state index contributed by atoms with van der Waals surface area (Å²) in [5, 5.41) is 0. The predicted molar refractivity (Wildman–Crippen MR) is 279 cm³/mol. The van der Waals surface area contributed by atoms with Crippen molar-refractivity contribution in [1.82, 2.24) is 0 Å². The van der Waals surface area contributed by atoms with Crippen LogP contribution in [0.15, 0.2) is 85.1 Å². The Labute approximate surface area is 401 Å². The van der Waals surface area contributed by atoms with Gasteiger partial charge in [-0.25, -0.2) is 0 Å². The molecule has 0 aliphatic carbocycles. The summed E-state index contributed by atoms with van der Waals surface area (Å²) >= 11 is 0. The normalized spacial score (nSPS) is 12.7. The Hall–Kier alpha value is -3.41. The van der Waals surface area contributed by atoms with Gasteiger partial charge in [0.15, 0.2) is 6.10 Å². The van der Waals surface area contributed by atoms with Gasteiger partial charge in [-0.3, -0.25) is 14.4 Å². The zero-order chi connectivity index (χ0) is 47.2. The van der Waals surface area contributed by atoms with E-state index in [2.05, 4.69) is 81.5 Å². The molecule has 6 heteroatoms. The first-order chi connectivity index (χ1) is 32.0. The number of esters is 3. The number of ether oxygens (including phenoxy) is 3. The van der Waals surface area contributed by atoms with Gasteiger partial charge in [-0.05, 0) is 83.5 Å². The molecule has 0 radical (unpaired) electrons. The fraction of sp³-hybridized carbons (Fsp3) is 0.712. The van der Waals surface area contributed by atoms with Crippen LogP contribution in [-0.2, 0) is 28.6 Å². The quantitative estimate of drug-likeness (QED) is 0.0199. The van der Waals surface area contributed by atoms with Crippen molar-refractivity contribution in [3.8, 4) is 0 Å². The average molecular weight is 905 g/mol. The Morgan fingerprint density at radius 3 is 1.17 bits per heavy atom. The van der Waals surface area contributed by atoms with Crippen LogP contribution >= 0.6 is 0 Å². The van der Waals surface area contributed by atoms with E-state index in [9.17, 15) is 14.4 Å². The van der Waals surface area contributed by atoms with Crippen molar-refractivity contribution < 1.29 is 28.6 Å². The van der Waals surface area contributed by atoms with Crippen LogP contribution in [-0.4, -0.2) is 37.2 Å². The third-order valence-corrected chi connectivity index (χ3v) is 11.5. The van der Waals surface area contributed by atoms with Crippen molar-refractivity contribution in [3.63, 3.8) is 0 Å². The highest BCUT2D eigenvalue weighted by Crippen LogP contribution is 2.14. The highest BCUT2D eigenvalue weighted by atomic mass is 16.6. The lowest BCUT2D eigenvalue weighted by atomic mass is 10.1. The average Bonchev–Trinajstić information content (AvgIpc) is 3.30. The van der Waals surface area contributed by atoms with Crippen LogP contribution < -0.4 is 0 Å². The third kappa shape index (κ3) is 51.4. The number of carbonyl (C=O) groups is 3. The highest BCUT2D eigenvalue weighted by molar-refractivity contribution is 5.71. The van der Waals surface area contributed by atoms with Gasteiger partial charge in [0.25, 0.3) is 0 Å². The molecule has 0 bridgehead atoms. The summed E-state index contributed by atoms with van der Waals surface area (Å²) in [6.45, 7) is 6.42. The van der Waals surface area contributed by atoms with Crippen LogP contribution in [0.5, 0.6) is 0 Å². The molecule has 0 aromatic carbocycles. The first-order valence-corrected chi connectivity index (χ1v) is 27.1. The summed E-state index contributed by atoms with van der Waals surface area (Å²) in [6, 6.07) is 0. The standard InChI is InChI=1S/C59H100O6/c1-4-7-10-13-16-19-22-25-27-28-29-30-32-34-37-40-43-46-49-52-58(61)64-55-56(54-63-57(60)51-48-45-42-39-36-33-24-21-18-15-12-9-6-3)65-59(62)53-50-47-44-41-38-35-31-26-23-20-17-14-11-8-5-2/h8,11,14,17,20,23,26,28-29,31,33,36,42,45,56H,4-7,9-10,12-13,15-16,18-19,21-22,24-25,27,30,32,34-35,37-41,43-44,46-55H2,1-3H3/b11-8-,17-14-,23-20-,29-28-,31-26-,36-33-,45-42-. The fourth-order valence-corrected chi connectivity index (χ4v) is 7.38. The van der Waals surface area contributed by atoms with Crippen molar-refractivity contribution in [3.05, 3.63) is 85.1 Å². The van der Waals surface area contributed by atoms with Crippen LogP contribution in [0.25, 0.3) is 0 Å². The van der Waals surface area contributed by atoms with Gasteiger partial charge < -0.3 is 14.2 Å². The maximum atomic E-state index is 12.8. The molecule has 0 rings (SSSR count). The zero-order valence-electron chi connectivity index (χ0n) is 42.5. The Morgan fingerprint density at radius 2 is 0.692 bits per heavy atom. The van der Waals surface area contributed by atoms with Crippen molar-refractivity contribution >= 4 is 17.9 Å². The Bertz CT molecular complexity index is 1270. The van der Waals surface area contributed by atoms with Gasteiger partial charge in [0, 0.05) is 19.3 Å². The van der Waals surface area contributed by atoms with E-state index in [0.717, 1.165) is 77.0 Å². The van der Waals surface area contributed by atoms with Crippen LogP contribution in [0.2, 0.25) is 0 Å². The van der Waals surface area contributed by atoms with E-state index in [1.165, 1.54) is 128 Å². The molecule has 6 nitrogen and oxygen atoms in total. The molecule has 1 atom stereocenters. The minimum absolute atomic E-state index is 0.106. The lowest BCUT2D eigenvalue weighted by Gasteiger charge is -2.18. The third-order valence-electron chi connectivity index (χ3n) is 11.5. The molecule has 0 heterocycles. The lowest BCUT2D eigenvalue weighted by molar-refractivity contribution is -0.166. The first kappa shape index (κ1) is 61.6. The molecule has 0 aliphatic rings. The SMILES string of the molecule is CC\C=C/C=C\C=C/C=C\CCCCCCCC(=O)OC(COC(=O)CC/C=C\C/C=C\CCCCCCCC)COC(=O)CCCCCCCCC/C=C\CCCCCCCCCC. The largest absolute Gasteiger partial charge is 0.462 e. The second-order valence-electron chi connectivity index (χ2n) is 17.8. The molecular formula is C59H100O6. The molecule has 0 fully saturated rings. The van der Waals surface area contributed by atoms with Crippen LogP contribution in [0.4, 0.5) is 0 Å². The Morgan fingerprint density at radius 1 is 0.338 bits per heavy atom. The number of hydrogen-bond donors (Lipinski definition) is 0. The van der Waals surface area contributed by atoms with Gasteiger partial charge in [-0.15, -0.1) is 0 Å². The van der Waals surface area contributed by atoms with Crippen LogP contribution in [0.3, 0.4) is 0 Å². The molecule has 0 saturated heterocycles. The van der Waals surface area contributed by atoms with Crippen molar-refractivity contribution in [1.29, 1.82) is 0 Å². The molecule has 1 unspecified atom stereocenters.